The highest BCUT2D eigenvalue weighted by atomic mass is 35.5. The molecule has 9 nitrogen and oxygen atoms in total. The van der Waals surface area contributed by atoms with Gasteiger partial charge in [0.1, 0.15) is 42.7 Å². The number of rotatable bonds is 8. The van der Waals surface area contributed by atoms with E-state index in [1.165, 1.54) is 18.5 Å². The Kier molecular flexibility index (Phi) is 8.69. The summed E-state index contributed by atoms with van der Waals surface area (Å²) in [6.45, 7) is 5.83. The molecular weight excluding hydrogens is 571 g/mol. The fourth-order valence-corrected chi connectivity index (χ4v) is 5.37. The van der Waals surface area contributed by atoms with E-state index in [1.54, 1.807) is 35.2 Å². The molecule has 0 bridgehead atoms. The van der Waals surface area contributed by atoms with E-state index in [4.69, 9.17) is 21.1 Å². The van der Waals surface area contributed by atoms with Gasteiger partial charge in [0, 0.05) is 55.9 Å². The number of halogens is 2. The van der Waals surface area contributed by atoms with Crippen LogP contribution in [0.2, 0.25) is 5.02 Å². The standard InChI is InChI=1S/C32H32ClFN6O3/c1-38-10-12-39(13-11-38)9-3-6-31(41)40-14-15-42-30-19-27-25(18-28(30)40)32(36-21-35-27)37-24-7-8-29(26(33)17-24)43-20-22-4-2-5-23(34)16-22/h2-8,16-19,21H,9-15,20H2,1H3,(H,35,36,37)/b6-3+. The number of fused-ring (bicyclic) bond motifs is 2. The Morgan fingerprint density at radius 1 is 1.09 bits per heavy atom. The number of hydrogen-bond donors (Lipinski definition) is 1. The molecule has 0 atom stereocenters. The summed E-state index contributed by atoms with van der Waals surface area (Å²) >= 11 is 6.51. The first-order valence-corrected chi connectivity index (χ1v) is 14.5. The summed E-state index contributed by atoms with van der Waals surface area (Å²) in [7, 11) is 2.13. The Morgan fingerprint density at radius 2 is 1.95 bits per heavy atom. The second-order valence-electron chi connectivity index (χ2n) is 10.6. The van der Waals surface area contributed by atoms with Crippen molar-refractivity contribution in [3.63, 3.8) is 0 Å². The summed E-state index contributed by atoms with van der Waals surface area (Å²) in [5.74, 6) is 1.23. The van der Waals surface area contributed by atoms with Crippen LogP contribution in [0, 0.1) is 5.82 Å². The first-order valence-electron chi connectivity index (χ1n) is 14.2. The van der Waals surface area contributed by atoms with E-state index in [2.05, 4.69) is 32.1 Å². The summed E-state index contributed by atoms with van der Waals surface area (Å²) in [5.41, 5.74) is 2.75. The number of nitrogens with zero attached hydrogens (tertiary/aromatic N) is 5. The lowest BCUT2D eigenvalue weighted by molar-refractivity contribution is -0.114. The highest BCUT2D eigenvalue weighted by Gasteiger charge is 2.24. The second kappa shape index (κ2) is 12.9. The normalized spacial score (nSPS) is 15.8. The number of likely N-dealkylation sites (N-methyl/N-ethyl adjacent to an activating group) is 1. The van der Waals surface area contributed by atoms with Crippen molar-refractivity contribution in [1.29, 1.82) is 0 Å². The monoisotopic (exact) mass is 602 g/mol. The maximum absolute atomic E-state index is 13.5. The molecule has 43 heavy (non-hydrogen) atoms. The van der Waals surface area contributed by atoms with Crippen molar-refractivity contribution >= 4 is 45.6 Å². The molecule has 2 aliphatic heterocycles. The van der Waals surface area contributed by atoms with Crippen LogP contribution in [0.15, 0.2) is 73.1 Å². The van der Waals surface area contributed by atoms with E-state index in [1.807, 2.05) is 24.3 Å². The number of hydrogen-bond acceptors (Lipinski definition) is 8. The molecule has 6 rings (SSSR count). The quantitative estimate of drug-likeness (QED) is 0.273. The van der Waals surface area contributed by atoms with Crippen LogP contribution in [0.4, 0.5) is 21.6 Å². The van der Waals surface area contributed by atoms with Gasteiger partial charge in [0.05, 0.1) is 22.8 Å². The molecule has 4 aromatic rings. The lowest BCUT2D eigenvalue weighted by atomic mass is 10.1. The topological polar surface area (TPSA) is 83.1 Å². The molecule has 0 radical (unpaired) electrons. The summed E-state index contributed by atoms with van der Waals surface area (Å²) in [4.78, 5) is 28.5. The van der Waals surface area contributed by atoms with E-state index in [-0.39, 0.29) is 18.3 Å². The van der Waals surface area contributed by atoms with Crippen molar-refractivity contribution < 1.29 is 18.7 Å². The number of nitrogens with one attached hydrogen (secondary N) is 1. The van der Waals surface area contributed by atoms with Crippen LogP contribution in [-0.2, 0) is 11.4 Å². The molecular formula is C32H32ClFN6O3. The molecule has 3 aromatic carbocycles. The third-order valence-electron chi connectivity index (χ3n) is 7.54. The molecule has 222 valence electrons. The van der Waals surface area contributed by atoms with Crippen molar-refractivity contribution in [2.75, 3.05) is 63.1 Å². The van der Waals surface area contributed by atoms with Gasteiger partial charge < -0.3 is 24.6 Å². The number of ether oxygens (including phenoxy) is 2. The maximum atomic E-state index is 13.5. The Hall–Kier alpha value is -4.25. The Bertz CT molecular complexity index is 1660. The van der Waals surface area contributed by atoms with Crippen molar-refractivity contribution in [3.8, 4) is 11.5 Å². The summed E-state index contributed by atoms with van der Waals surface area (Å²) < 4.78 is 25.2. The highest BCUT2D eigenvalue weighted by molar-refractivity contribution is 6.32. The molecule has 11 heteroatoms. The summed E-state index contributed by atoms with van der Waals surface area (Å²) in [6.07, 6.45) is 5.06. The van der Waals surface area contributed by atoms with Crippen LogP contribution in [0.5, 0.6) is 11.5 Å². The van der Waals surface area contributed by atoms with E-state index < -0.39 is 0 Å². The lowest BCUT2D eigenvalue weighted by Crippen LogP contribution is -2.44. The second-order valence-corrected chi connectivity index (χ2v) is 11.0. The van der Waals surface area contributed by atoms with Crippen molar-refractivity contribution in [1.82, 2.24) is 19.8 Å². The fourth-order valence-electron chi connectivity index (χ4n) is 5.14. The zero-order valence-corrected chi connectivity index (χ0v) is 24.6. The number of benzene rings is 3. The molecule has 1 saturated heterocycles. The van der Waals surface area contributed by atoms with Crippen molar-refractivity contribution in [3.05, 3.63) is 89.5 Å². The number of carbonyl (C=O) groups is 1. The smallest absolute Gasteiger partial charge is 0.250 e. The SMILES string of the molecule is CN1CCN(C/C=C/C(=O)N2CCOc3cc4ncnc(Nc5ccc(OCc6cccc(F)c6)c(Cl)c5)c4cc32)CC1. The first-order chi connectivity index (χ1) is 20.9. The van der Waals surface area contributed by atoms with E-state index in [0.29, 0.717) is 57.9 Å². The van der Waals surface area contributed by atoms with Gasteiger partial charge in [0.2, 0.25) is 0 Å². The van der Waals surface area contributed by atoms with Gasteiger partial charge in [-0.1, -0.05) is 29.8 Å². The minimum absolute atomic E-state index is 0.0926. The van der Waals surface area contributed by atoms with Crippen molar-refractivity contribution in [2.24, 2.45) is 0 Å². The molecule has 1 aromatic heterocycles. The van der Waals surface area contributed by atoms with E-state index >= 15 is 0 Å². The average molecular weight is 603 g/mol. The third-order valence-corrected chi connectivity index (χ3v) is 7.84. The number of piperazine rings is 1. The van der Waals surface area contributed by atoms with Gasteiger partial charge in [-0.15, -0.1) is 0 Å². The average Bonchev–Trinajstić information content (AvgIpc) is 3.00. The van der Waals surface area contributed by atoms with Gasteiger partial charge >= 0.3 is 0 Å². The molecule has 0 saturated carbocycles. The van der Waals surface area contributed by atoms with Crippen LogP contribution < -0.4 is 19.7 Å². The van der Waals surface area contributed by atoms with E-state index in [0.717, 1.165) is 38.1 Å². The lowest BCUT2D eigenvalue weighted by Gasteiger charge is -2.31. The van der Waals surface area contributed by atoms with Gasteiger partial charge in [-0.3, -0.25) is 9.69 Å². The van der Waals surface area contributed by atoms with Crippen LogP contribution in [0.1, 0.15) is 5.56 Å². The number of carbonyl (C=O) groups excluding carboxylic acids is 1. The van der Waals surface area contributed by atoms with Crippen LogP contribution in [-0.4, -0.2) is 78.6 Å². The molecule has 2 aliphatic rings. The number of anilines is 3. The highest BCUT2D eigenvalue weighted by Crippen LogP contribution is 2.38. The molecule has 0 aliphatic carbocycles. The molecule has 0 unspecified atom stereocenters. The molecule has 3 heterocycles. The van der Waals surface area contributed by atoms with E-state index in [9.17, 15) is 9.18 Å². The van der Waals surface area contributed by atoms with Crippen LogP contribution >= 0.6 is 11.6 Å². The van der Waals surface area contributed by atoms with Gasteiger partial charge in [-0.05, 0) is 49.0 Å². The predicted molar refractivity (Wildman–Crippen MR) is 166 cm³/mol. The molecule has 1 N–H and O–H groups in total. The Labute approximate surface area is 254 Å². The van der Waals surface area contributed by atoms with Gasteiger partial charge in [0.15, 0.2) is 0 Å². The van der Waals surface area contributed by atoms with Crippen molar-refractivity contribution in [2.45, 2.75) is 6.61 Å². The maximum Gasteiger partial charge on any atom is 0.250 e. The minimum atomic E-state index is -0.318. The fraction of sp³-hybridized carbons (Fsp3) is 0.281. The van der Waals surface area contributed by atoms with Crippen LogP contribution in [0.25, 0.3) is 10.9 Å². The van der Waals surface area contributed by atoms with Gasteiger partial charge in [0.25, 0.3) is 5.91 Å². The molecule has 0 spiro atoms. The Morgan fingerprint density at radius 3 is 2.77 bits per heavy atom. The predicted octanol–water partition coefficient (Wildman–Crippen LogP) is 5.27. The molecule has 1 fully saturated rings. The largest absolute Gasteiger partial charge is 0.489 e. The zero-order valence-electron chi connectivity index (χ0n) is 23.8. The zero-order chi connectivity index (χ0) is 29.8. The first kappa shape index (κ1) is 28.9. The van der Waals surface area contributed by atoms with Gasteiger partial charge in [-0.2, -0.15) is 0 Å². The Balaban J connectivity index is 1.18. The third kappa shape index (κ3) is 6.88. The number of amides is 1. The molecule has 1 amide bonds. The van der Waals surface area contributed by atoms with Crippen LogP contribution in [0.3, 0.4) is 0 Å². The summed E-state index contributed by atoms with van der Waals surface area (Å²) in [5, 5.41) is 4.44. The number of aromatic nitrogens is 2. The minimum Gasteiger partial charge on any atom is -0.489 e. The summed E-state index contributed by atoms with van der Waals surface area (Å²) in [6, 6.07) is 15.3. The van der Waals surface area contributed by atoms with Gasteiger partial charge in [-0.25, -0.2) is 14.4 Å².